The molecular formula is C15H22O3. The summed E-state index contributed by atoms with van der Waals surface area (Å²) in [6.07, 6.45) is 0.751. The third-order valence-electron chi connectivity index (χ3n) is 2.48. The molecule has 0 bridgehead atoms. The van der Waals surface area contributed by atoms with Gasteiger partial charge in [-0.1, -0.05) is 27.7 Å². The lowest BCUT2D eigenvalue weighted by atomic mass is 9.97. The first-order valence-corrected chi connectivity index (χ1v) is 6.39. The van der Waals surface area contributed by atoms with Gasteiger partial charge in [0, 0.05) is 0 Å². The summed E-state index contributed by atoms with van der Waals surface area (Å²) in [4.78, 5) is 12.0. The Balaban J connectivity index is 2.89. The van der Waals surface area contributed by atoms with Crippen LogP contribution in [-0.4, -0.2) is 17.7 Å². The zero-order valence-electron chi connectivity index (χ0n) is 11.6. The van der Waals surface area contributed by atoms with E-state index in [2.05, 4.69) is 13.8 Å². The minimum atomic E-state index is -0.306. The molecule has 0 heterocycles. The van der Waals surface area contributed by atoms with Crippen molar-refractivity contribution in [1.29, 1.82) is 0 Å². The van der Waals surface area contributed by atoms with E-state index in [9.17, 15) is 9.90 Å². The maximum absolute atomic E-state index is 12.0. The highest BCUT2D eigenvalue weighted by Crippen LogP contribution is 2.20. The first-order valence-electron chi connectivity index (χ1n) is 6.39. The smallest absolute Gasteiger partial charge is 0.338 e. The van der Waals surface area contributed by atoms with Crippen LogP contribution < -0.4 is 0 Å². The molecule has 1 aromatic carbocycles. The van der Waals surface area contributed by atoms with Gasteiger partial charge in [0.05, 0.1) is 12.2 Å². The second-order valence-electron chi connectivity index (χ2n) is 5.43. The Bertz CT molecular complexity index is 408. The van der Waals surface area contributed by atoms with Crippen molar-refractivity contribution in [3.05, 3.63) is 29.3 Å². The van der Waals surface area contributed by atoms with Gasteiger partial charge in [0.2, 0.25) is 0 Å². The molecule has 1 N–H and O–H groups in total. The van der Waals surface area contributed by atoms with E-state index in [-0.39, 0.29) is 11.7 Å². The van der Waals surface area contributed by atoms with Gasteiger partial charge in [0.25, 0.3) is 0 Å². The number of phenols is 1. The van der Waals surface area contributed by atoms with Gasteiger partial charge in [0.15, 0.2) is 0 Å². The molecule has 0 aliphatic heterocycles. The molecule has 100 valence electrons. The van der Waals surface area contributed by atoms with Gasteiger partial charge < -0.3 is 9.84 Å². The van der Waals surface area contributed by atoms with Gasteiger partial charge in [-0.25, -0.2) is 4.79 Å². The molecule has 0 radical (unpaired) electrons. The second kappa shape index (κ2) is 6.43. The highest BCUT2D eigenvalue weighted by molar-refractivity contribution is 5.91. The number of hydrogen-bond acceptors (Lipinski definition) is 3. The van der Waals surface area contributed by atoms with Gasteiger partial charge in [-0.3, -0.25) is 0 Å². The summed E-state index contributed by atoms with van der Waals surface area (Å²) < 4.78 is 5.23. The lowest BCUT2D eigenvalue weighted by Gasteiger charge is -2.12. The van der Waals surface area contributed by atoms with Crippen LogP contribution in [0.2, 0.25) is 0 Å². The van der Waals surface area contributed by atoms with Crippen LogP contribution in [0, 0.1) is 11.8 Å². The number of phenolic OH excluding ortho intramolecular Hbond substituents is 1. The highest BCUT2D eigenvalue weighted by atomic mass is 16.5. The molecule has 3 nitrogen and oxygen atoms in total. The average Bonchev–Trinajstić information content (AvgIpc) is 2.25. The standard InChI is InChI=1S/C15H22O3/c1-10(2)7-12-8-13(16)5-6-14(12)15(17)18-9-11(3)4/h5-6,8,10-11,16H,7,9H2,1-4H3. The average molecular weight is 250 g/mol. The van der Waals surface area contributed by atoms with Crippen molar-refractivity contribution in [2.24, 2.45) is 11.8 Å². The van der Waals surface area contributed by atoms with Crippen LogP contribution in [0.5, 0.6) is 5.75 Å². The normalized spacial score (nSPS) is 11.0. The Morgan fingerprint density at radius 2 is 1.89 bits per heavy atom. The van der Waals surface area contributed by atoms with E-state index in [1.54, 1.807) is 12.1 Å². The predicted octanol–water partition coefficient (Wildman–Crippen LogP) is 3.40. The number of esters is 1. The fraction of sp³-hybridized carbons (Fsp3) is 0.533. The van der Waals surface area contributed by atoms with Crippen molar-refractivity contribution < 1.29 is 14.6 Å². The van der Waals surface area contributed by atoms with E-state index in [1.165, 1.54) is 6.07 Å². The molecule has 18 heavy (non-hydrogen) atoms. The van der Waals surface area contributed by atoms with E-state index in [4.69, 9.17) is 4.74 Å². The van der Waals surface area contributed by atoms with Gasteiger partial charge in [-0.15, -0.1) is 0 Å². The Morgan fingerprint density at radius 3 is 2.44 bits per heavy atom. The molecule has 0 amide bonds. The van der Waals surface area contributed by atoms with Crippen LogP contribution in [0.3, 0.4) is 0 Å². The van der Waals surface area contributed by atoms with Crippen LogP contribution in [0.15, 0.2) is 18.2 Å². The van der Waals surface area contributed by atoms with Gasteiger partial charge >= 0.3 is 5.97 Å². The third kappa shape index (κ3) is 4.40. The fourth-order valence-electron chi connectivity index (χ4n) is 1.71. The minimum Gasteiger partial charge on any atom is -0.508 e. The summed E-state index contributed by atoms with van der Waals surface area (Å²) in [7, 11) is 0. The van der Waals surface area contributed by atoms with Crippen LogP contribution in [0.4, 0.5) is 0 Å². The monoisotopic (exact) mass is 250 g/mol. The van der Waals surface area contributed by atoms with Crippen molar-refractivity contribution in [3.8, 4) is 5.75 Å². The van der Waals surface area contributed by atoms with E-state index < -0.39 is 0 Å². The fourth-order valence-corrected chi connectivity index (χ4v) is 1.71. The molecule has 0 fully saturated rings. The Morgan fingerprint density at radius 1 is 1.22 bits per heavy atom. The number of benzene rings is 1. The third-order valence-corrected chi connectivity index (χ3v) is 2.48. The van der Waals surface area contributed by atoms with Crippen molar-refractivity contribution in [1.82, 2.24) is 0 Å². The summed E-state index contributed by atoms with van der Waals surface area (Å²) in [5.41, 5.74) is 1.40. The molecule has 0 aromatic heterocycles. The molecule has 0 spiro atoms. The quantitative estimate of drug-likeness (QED) is 0.815. The molecule has 1 aromatic rings. The Hall–Kier alpha value is -1.51. The summed E-state index contributed by atoms with van der Waals surface area (Å²) in [6.45, 7) is 8.57. The summed E-state index contributed by atoms with van der Waals surface area (Å²) >= 11 is 0. The summed E-state index contributed by atoms with van der Waals surface area (Å²) in [5, 5.41) is 9.50. The topological polar surface area (TPSA) is 46.5 Å². The minimum absolute atomic E-state index is 0.186. The molecule has 1 rings (SSSR count). The van der Waals surface area contributed by atoms with Crippen LogP contribution >= 0.6 is 0 Å². The zero-order chi connectivity index (χ0) is 13.7. The summed E-state index contributed by atoms with van der Waals surface area (Å²) in [5.74, 6) is 0.619. The van der Waals surface area contributed by atoms with E-state index >= 15 is 0 Å². The number of carbonyl (C=O) groups excluding carboxylic acids is 1. The maximum Gasteiger partial charge on any atom is 0.338 e. The Kier molecular flexibility index (Phi) is 5.20. The maximum atomic E-state index is 12.0. The number of hydrogen-bond donors (Lipinski definition) is 1. The SMILES string of the molecule is CC(C)COC(=O)c1ccc(O)cc1CC(C)C. The molecule has 0 saturated carbocycles. The number of rotatable bonds is 5. The van der Waals surface area contributed by atoms with E-state index in [0.29, 0.717) is 24.0 Å². The first kappa shape index (κ1) is 14.6. The van der Waals surface area contributed by atoms with Crippen LogP contribution in [0.25, 0.3) is 0 Å². The molecule has 0 unspecified atom stereocenters. The van der Waals surface area contributed by atoms with Crippen molar-refractivity contribution in [2.45, 2.75) is 34.1 Å². The predicted molar refractivity (Wildman–Crippen MR) is 71.8 cm³/mol. The molecule has 0 saturated heterocycles. The van der Waals surface area contributed by atoms with Gasteiger partial charge in [-0.05, 0) is 42.0 Å². The molecule has 3 heteroatoms. The van der Waals surface area contributed by atoms with Crippen molar-refractivity contribution >= 4 is 5.97 Å². The van der Waals surface area contributed by atoms with Gasteiger partial charge in [-0.2, -0.15) is 0 Å². The molecule has 0 aliphatic rings. The summed E-state index contributed by atoms with van der Waals surface area (Å²) in [6, 6.07) is 4.80. The molecule has 0 atom stereocenters. The van der Waals surface area contributed by atoms with Crippen LogP contribution in [0.1, 0.15) is 43.6 Å². The zero-order valence-corrected chi connectivity index (χ0v) is 11.6. The Labute approximate surface area is 109 Å². The number of carbonyl (C=O) groups is 1. The largest absolute Gasteiger partial charge is 0.508 e. The van der Waals surface area contributed by atoms with Gasteiger partial charge in [0.1, 0.15) is 5.75 Å². The molecular weight excluding hydrogens is 228 g/mol. The highest BCUT2D eigenvalue weighted by Gasteiger charge is 2.14. The van der Waals surface area contributed by atoms with Crippen molar-refractivity contribution in [3.63, 3.8) is 0 Å². The number of aromatic hydroxyl groups is 1. The van der Waals surface area contributed by atoms with Crippen molar-refractivity contribution in [2.75, 3.05) is 6.61 Å². The second-order valence-corrected chi connectivity index (χ2v) is 5.43. The lowest BCUT2D eigenvalue weighted by molar-refractivity contribution is 0.0457. The first-order chi connectivity index (χ1) is 8.40. The molecule has 0 aliphatic carbocycles. The van der Waals surface area contributed by atoms with Crippen LogP contribution in [-0.2, 0) is 11.2 Å². The van der Waals surface area contributed by atoms with E-state index in [0.717, 1.165) is 12.0 Å². The lowest BCUT2D eigenvalue weighted by Crippen LogP contribution is -2.13. The van der Waals surface area contributed by atoms with E-state index in [1.807, 2.05) is 13.8 Å². The number of ether oxygens (including phenoxy) is 1.